The third-order valence-corrected chi connectivity index (χ3v) is 8.51. The molecule has 33 heavy (non-hydrogen) atoms. The predicted octanol–water partition coefficient (Wildman–Crippen LogP) is 5.46. The van der Waals surface area contributed by atoms with Crippen LogP contribution in [0.25, 0.3) is 10.2 Å². The first-order valence-electron chi connectivity index (χ1n) is 10.6. The minimum atomic E-state index is -3.56. The first kappa shape index (κ1) is 27.5. The van der Waals surface area contributed by atoms with E-state index in [1.807, 2.05) is 19.1 Å². The normalized spacial score (nSPS) is 11.6. The number of aryl methyl sites for hydroxylation is 1. The van der Waals surface area contributed by atoms with Crippen LogP contribution in [0, 0.1) is 6.92 Å². The van der Waals surface area contributed by atoms with E-state index in [1.54, 1.807) is 30.0 Å². The molecule has 3 rings (SSSR count). The molecular weight excluding hydrogens is 501 g/mol. The number of hydrogen-bond acceptors (Lipinski definition) is 6. The number of carbonyl (C=O) groups is 1. The summed E-state index contributed by atoms with van der Waals surface area (Å²) in [6.07, 6.45) is 0. The molecule has 0 radical (unpaired) electrons. The maximum atomic E-state index is 13.7. The predicted molar refractivity (Wildman–Crippen MR) is 140 cm³/mol. The van der Waals surface area contributed by atoms with Gasteiger partial charge in [-0.1, -0.05) is 55.8 Å². The average Bonchev–Trinajstić information content (AvgIpc) is 3.20. The standard InChI is InChI=1S/C23H28ClN3O3S2.ClH/c1-5-26(6-2)12-13-27(23-25-21-16(4)14-17(24)15-19(21)31-23)22(28)18-10-8-9-11-20(18)32(29,30)7-3;/h8-11,14-15H,5-7,12-13H2,1-4H3;1H. The van der Waals surface area contributed by atoms with Gasteiger partial charge in [-0.05, 0) is 49.8 Å². The molecule has 180 valence electrons. The van der Waals surface area contributed by atoms with E-state index in [1.165, 1.54) is 17.4 Å². The third-order valence-electron chi connectivity index (χ3n) is 5.48. The number of carbonyl (C=O) groups excluding carboxylic acids is 1. The second-order valence-electron chi connectivity index (χ2n) is 7.45. The molecule has 0 unspecified atom stereocenters. The third kappa shape index (κ3) is 6.05. The fourth-order valence-electron chi connectivity index (χ4n) is 3.54. The van der Waals surface area contributed by atoms with Gasteiger partial charge in [0.25, 0.3) is 5.91 Å². The molecule has 10 heteroatoms. The SMILES string of the molecule is CCN(CC)CCN(C(=O)c1ccccc1S(=O)(=O)CC)c1nc2c(C)cc(Cl)cc2s1.Cl. The van der Waals surface area contributed by atoms with Crippen LogP contribution in [0.15, 0.2) is 41.3 Å². The largest absolute Gasteiger partial charge is 0.302 e. The molecule has 1 heterocycles. The lowest BCUT2D eigenvalue weighted by Crippen LogP contribution is -2.39. The molecule has 2 aromatic carbocycles. The zero-order valence-corrected chi connectivity index (χ0v) is 22.4. The van der Waals surface area contributed by atoms with Gasteiger partial charge in [-0.2, -0.15) is 0 Å². The van der Waals surface area contributed by atoms with Crippen LogP contribution < -0.4 is 4.90 Å². The second-order valence-corrected chi connectivity index (χ2v) is 11.1. The van der Waals surface area contributed by atoms with Gasteiger partial charge in [-0.3, -0.25) is 9.69 Å². The molecule has 0 aliphatic heterocycles. The molecule has 1 amide bonds. The highest BCUT2D eigenvalue weighted by molar-refractivity contribution is 7.91. The number of anilines is 1. The maximum absolute atomic E-state index is 13.7. The summed E-state index contributed by atoms with van der Waals surface area (Å²) in [6, 6.07) is 10.1. The molecular formula is C23H29Cl2N3O3S2. The molecule has 6 nitrogen and oxygen atoms in total. The summed E-state index contributed by atoms with van der Waals surface area (Å²) in [5, 5.41) is 1.15. The molecule has 0 spiro atoms. The number of rotatable bonds is 9. The van der Waals surface area contributed by atoms with Gasteiger partial charge in [0.15, 0.2) is 15.0 Å². The average molecular weight is 531 g/mol. The molecule has 0 saturated carbocycles. The summed E-state index contributed by atoms with van der Waals surface area (Å²) in [4.78, 5) is 22.3. The zero-order chi connectivity index (χ0) is 23.5. The van der Waals surface area contributed by atoms with E-state index in [0.717, 1.165) is 28.9 Å². The van der Waals surface area contributed by atoms with E-state index in [0.29, 0.717) is 23.2 Å². The summed E-state index contributed by atoms with van der Waals surface area (Å²) >= 11 is 7.61. The van der Waals surface area contributed by atoms with E-state index in [9.17, 15) is 13.2 Å². The van der Waals surface area contributed by atoms with Crippen molar-refractivity contribution >= 4 is 66.4 Å². The van der Waals surface area contributed by atoms with Crippen molar-refractivity contribution in [3.8, 4) is 0 Å². The van der Waals surface area contributed by atoms with Gasteiger partial charge in [0.05, 0.1) is 26.4 Å². The fraction of sp³-hybridized carbons (Fsp3) is 0.391. The van der Waals surface area contributed by atoms with Crippen LogP contribution in [0.4, 0.5) is 5.13 Å². The Bertz CT molecular complexity index is 1220. The van der Waals surface area contributed by atoms with E-state index in [-0.39, 0.29) is 34.5 Å². The van der Waals surface area contributed by atoms with E-state index >= 15 is 0 Å². The quantitative estimate of drug-likeness (QED) is 0.367. The molecule has 0 fully saturated rings. The Hall–Kier alpha value is -1.71. The number of nitrogens with zero attached hydrogens (tertiary/aromatic N) is 3. The van der Waals surface area contributed by atoms with Crippen molar-refractivity contribution in [3.05, 3.63) is 52.5 Å². The van der Waals surface area contributed by atoms with Gasteiger partial charge < -0.3 is 4.90 Å². The smallest absolute Gasteiger partial charge is 0.261 e. The van der Waals surface area contributed by atoms with Gasteiger partial charge in [-0.25, -0.2) is 13.4 Å². The Morgan fingerprint density at radius 3 is 2.39 bits per heavy atom. The van der Waals surface area contributed by atoms with E-state index in [2.05, 4.69) is 18.7 Å². The zero-order valence-electron chi connectivity index (χ0n) is 19.2. The topological polar surface area (TPSA) is 70.6 Å². The van der Waals surface area contributed by atoms with Crippen LogP contribution in [0.1, 0.15) is 36.7 Å². The van der Waals surface area contributed by atoms with Crippen molar-refractivity contribution in [2.75, 3.05) is 36.8 Å². The summed E-state index contributed by atoms with van der Waals surface area (Å²) < 4.78 is 26.2. The van der Waals surface area contributed by atoms with Crippen LogP contribution in [0.5, 0.6) is 0 Å². The van der Waals surface area contributed by atoms with E-state index in [4.69, 9.17) is 16.6 Å². The first-order chi connectivity index (χ1) is 15.2. The van der Waals surface area contributed by atoms with Crippen molar-refractivity contribution in [1.29, 1.82) is 0 Å². The van der Waals surface area contributed by atoms with E-state index < -0.39 is 9.84 Å². The second kappa shape index (κ2) is 11.6. The Morgan fingerprint density at radius 2 is 1.76 bits per heavy atom. The van der Waals surface area contributed by atoms with Crippen molar-refractivity contribution in [3.63, 3.8) is 0 Å². The van der Waals surface area contributed by atoms with Crippen molar-refractivity contribution in [2.24, 2.45) is 0 Å². The fourth-order valence-corrected chi connectivity index (χ4v) is 6.07. The van der Waals surface area contributed by atoms with Gasteiger partial charge in [0.1, 0.15) is 0 Å². The van der Waals surface area contributed by atoms with Crippen molar-refractivity contribution < 1.29 is 13.2 Å². The minimum absolute atomic E-state index is 0. The van der Waals surface area contributed by atoms with Crippen molar-refractivity contribution in [1.82, 2.24) is 9.88 Å². The van der Waals surface area contributed by atoms with Gasteiger partial charge in [-0.15, -0.1) is 12.4 Å². The number of thiazole rings is 1. The van der Waals surface area contributed by atoms with Gasteiger partial charge in [0.2, 0.25) is 0 Å². The number of halogens is 2. The molecule has 0 bridgehead atoms. The number of benzene rings is 2. The Kier molecular flexibility index (Phi) is 9.70. The maximum Gasteiger partial charge on any atom is 0.261 e. The number of fused-ring (bicyclic) bond motifs is 1. The summed E-state index contributed by atoms with van der Waals surface area (Å²) in [7, 11) is -3.56. The lowest BCUT2D eigenvalue weighted by Gasteiger charge is -2.25. The molecule has 0 aliphatic carbocycles. The Balaban J connectivity index is 0.00000385. The Morgan fingerprint density at radius 1 is 1.09 bits per heavy atom. The van der Waals surface area contributed by atoms with Crippen LogP contribution >= 0.6 is 35.3 Å². The highest BCUT2D eigenvalue weighted by Gasteiger charge is 2.27. The minimum Gasteiger partial charge on any atom is -0.302 e. The number of likely N-dealkylation sites (N-methyl/N-ethyl adjacent to an activating group) is 1. The van der Waals surface area contributed by atoms with Crippen LogP contribution in [-0.2, 0) is 9.84 Å². The number of sulfone groups is 1. The lowest BCUT2D eigenvalue weighted by molar-refractivity contribution is 0.0980. The van der Waals surface area contributed by atoms with Crippen LogP contribution in [-0.4, -0.2) is 56.1 Å². The first-order valence-corrected chi connectivity index (χ1v) is 13.5. The van der Waals surface area contributed by atoms with Crippen LogP contribution in [0.2, 0.25) is 5.02 Å². The monoisotopic (exact) mass is 529 g/mol. The molecule has 0 N–H and O–H groups in total. The molecule has 0 aliphatic rings. The highest BCUT2D eigenvalue weighted by atomic mass is 35.5. The number of aromatic nitrogens is 1. The van der Waals surface area contributed by atoms with Crippen molar-refractivity contribution in [2.45, 2.75) is 32.6 Å². The lowest BCUT2D eigenvalue weighted by atomic mass is 10.2. The number of hydrogen-bond donors (Lipinski definition) is 0. The van der Waals surface area contributed by atoms with Gasteiger partial charge in [0, 0.05) is 18.1 Å². The molecule has 1 aromatic heterocycles. The molecule has 3 aromatic rings. The van der Waals surface area contributed by atoms with Gasteiger partial charge >= 0.3 is 0 Å². The highest BCUT2D eigenvalue weighted by Crippen LogP contribution is 2.34. The molecule has 0 saturated heterocycles. The van der Waals surface area contributed by atoms with Crippen LogP contribution in [0.3, 0.4) is 0 Å². The molecule has 0 atom stereocenters. The Labute approximate surface area is 210 Å². The summed E-state index contributed by atoms with van der Waals surface area (Å²) in [5.41, 5.74) is 1.90. The summed E-state index contributed by atoms with van der Waals surface area (Å²) in [5.74, 6) is -0.442. The number of amides is 1. The summed E-state index contributed by atoms with van der Waals surface area (Å²) in [6.45, 7) is 10.4.